The molecule has 288 valence electrons. The summed E-state index contributed by atoms with van der Waals surface area (Å²) in [5.74, 6) is -0.00903. The summed E-state index contributed by atoms with van der Waals surface area (Å²) in [7, 11) is 0. The lowest BCUT2D eigenvalue weighted by atomic mass is 10.0. The zero-order chi connectivity index (χ0) is 35.2. The van der Waals surface area contributed by atoms with Crippen LogP contribution >= 0.6 is 0 Å². The number of carbonyl (C=O) groups is 1. The van der Waals surface area contributed by atoms with Crippen molar-refractivity contribution in [3.05, 3.63) is 0 Å². The van der Waals surface area contributed by atoms with E-state index in [4.69, 9.17) is 9.57 Å². The molecule has 2 N–H and O–H groups in total. The van der Waals surface area contributed by atoms with Crippen LogP contribution in [0.1, 0.15) is 213 Å². The molecule has 0 saturated heterocycles. The average Bonchev–Trinajstić information content (AvgIpc) is 3.08. The van der Waals surface area contributed by atoms with Crippen LogP contribution in [-0.4, -0.2) is 71.9 Å². The molecule has 0 aliphatic heterocycles. The number of hydrogen-bond donors (Lipinski definition) is 2. The summed E-state index contributed by atoms with van der Waals surface area (Å²) in [5.41, 5.74) is 0. The quantitative estimate of drug-likeness (QED) is 0.0377. The predicted octanol–water partition coefficient (Wildman–Crippen LogP) is 11.6. The number of unbranched alkanes of at least 4 members (excludes halogenated alkanes) is 22. The van der Waals surface area contributed by atoms with E-state index in [0.29, 0.717) is 19.6 Å². The van der Waals surface area contributed by atoms with Crippen LogP contribution in [0.25, 0.3) is 0 Å². The molecule has 0 aliphatic rings. The van der Waals surface area contributed by atoms with Gasteiger partial charge >= 0.3 is 5.97 Å². The van der Waals surface area contributed by atoms with Crippen LogP contribution in [0.2, 0.25) is 0 Å². The summed E-state index contributed by atoms with van der Waals surface area (Å²) in [4.78, 5) is 20.4. The molecule has 7 nitrogen and oxygen atoms in total. The molecule has 0 bridgehead atoms. The first-order valence-corrected chi connectivity index (χ1v) is 21.2. The molecule has 0 saturated carbocycles. The van der Waals surface area contributed by atoms with Crippen molar-refractivity contribution in [2.45, 2.75) is 219 Å². The van der Waals surface area contributed by atoms with Gasteiger partial charge in [-0.25, -0.2) is 0 Å². The molecule has 0 unspecified atom stereocenters. The highest BCUT2D eigenvalue weighted by atomic mass is 16.9. The maximum atomic E-state index is 12.7. The molecule has 0 atom stereocenters. The maximum absolute atomic E-state index is 12.7. The Morgan fingerprint density at radius 2 is 0.938 bits per heavy atom. The minimum absolute atomic E-state index is 0.00903. The van der Waals surface area contributed by atoms with Crippen LogP contribution in [0.3, 0.4) is 0 Å². The van der Waals surface area contributed by atoms with Crippen molar-refractivity contribution in [2.75, 3.05) is 39.4 Å². The van der Waals surface area contributed by atoms with E-state index in [1.807, 2.05) is 0 Å². The highest BCUT2D eigenvalue weighted by Crippen LogP contribution is 2.18. The average molecular weight is 685 g/mol. The van der Waals surface area contributed by atoms with Crippen molar-refractivity contribution in [2.24, 2.45) is 0 Å². The number of hydrogen-bond acceptors (Lipinski definition) is 7. The van der Waals surface area contributed by atoms with Crippen molar-refractivity contribution in [3.8, 4) is 0 Å². The number of aliphatic hydroxyl groups is 1. The molecule has 0 radical (unpaired) electrons. The number of aliphatic hydroxyl groups excluding tert-OH is 1. The van der Waals surface area contributed by atoms with Gasteiger partial charge in [0.2, 0.25) is 0 Å². The lowest BCUT2D eigenvalue weighted by Gasteiger charge is -2.21. The van der Waals surface area contributed by atoms with E-state index >= 15 is 0 Å². The first-order chi connectivity index (χ1) is 23.6. The van der Waals surface area contributed by atoms with Gasteiger partial charge < -0.3 is 14.7 Å². The minimum atomic E-state index is -0.00903. The van der Waals surface area contributed by atoms with Crippen LogP contribution in [0.15, 0.2) is 0 Å². The Balaban J connectivity index is 3.98. The fourth-order valence-electron chi connectivity index (χ4n) is 6.48. The number of hydroxylamine groups is 2. The second-order valence-electron chi connectivity index (χ2n) is 14.4. The second-order valence-corrected chi connectivity index (χ2v) is 14.4. The van der Waals surface area contributed by atoms with Gasteiger partial charge in [-0.1, -0.05) is 154 Å². The van der Waals surface area contributed by atoms with Crippen LogP contribution in [0.4, 0.5) is 0 Å². The predicted molar refractivity (Wildman–Crippen MR) is 203 cm³/mol. The molecular weight excluding hydrogens is 600 g/mol. The number of ether oxygens (including phenoxy) is 1. The first-order valence-electron chi connectivity index (χ1n) is 21.2. The lowest BCUT2D eigenvalue weighted by molar-refractivity contribution is -0.340. The van der Waals surface area contributed by atoms with Gasteiger partial charge in [0.15, 0.2) is 0 Å². The molecule has 0 heterocycles. The third kappa shape index (κ3) is 35.1. The van der Waals surface area contributed by atoms with Crippen molar-refractivity contribution in [1.29, 1.82) is 0 Å². The molecular formula is C41H84N2O5. The van der Waals surface area contributed by atoms with Gasteiger partial charge in [-0.15, -0.1) is 0 Å². The Morgan fingerprint density at radius 1 is 0.521 bits per heavy atom. The smallest absolute Gasteiger partial charge is 0.306 e. The van der Waals surface area contributed by atoms with E-state index in [-0.39, 0.29) is 18.7 Å². The molecule has 48 heavy (non-hydrogen) atoms. The molecule has 0 aromatic heterocycles. The number of rotatable bonds is 40. The topological polar surface area (TPSA) is 82.5 Å². The summed E-state index contributed by atoms with van der Waals surface area (Å²) in [6, 6.07) is 0. The van der Waals surface area contributed by atoms with E-state index in [0.717, 1.165) is 76.2 Å². The minimum Gasteiger partial charge on any atom is -0.462 e. The standard InChI is InChI=1S/C41H84N2O5/c1-4-7-10-12-20-24-31-40(32-25-21-13-11-8-5-2)48-41(45)33-26-29-35-42(37-38-44)34-27-22-18-16-14-15-17-19-23-28-36-43(46)47-39-30-9-6-3/h40,44,46H,4-39H2,1-3H3. The maximum Gasteiger partial charge on any atom is 0.306 e. The first kappa shape index (κ1) is 47.3. The highest BCUT2D eigenvalue weighted by Gasteiger charge is 2.15. The van der Waals surface area contributed by atoms with Crippen LogP contribution < -0.4 is 0 Å². The molecule has 0 aromatic carbocycles. The van der Waals surface area contributed by atoms with Gasteiger partial charge in [0.1, 0.15) is 6.10 Å². The Labute approximate surface area is 299 Å². The number of esters is 1. The fraction of sp³-hybridized carbons (Fsp3) is 0.976. The van der Waals surface area contributed by atoms with Gasteiger partial charge in [0.25, 0.3) is 0 Å². The molecule has 0 fully saturated rings. The fourth-order valence-corrected chi connectivity index (χ4v) is 6.48. The van der Waals surface area contributed by atoms with Crippen LogP contribution in [-0.2, 0) is 14.4 Å². The van der Waals surface area contributed by atoms with Gasteiger partial charge in [0.05, 0.1) is 19.8 Å². The number of carbonyl (C=O) groups excluding carboxylic acids is 1. The van der Waals surface area contributed by atoms with Crippen molar-refractivity contribution >= 4 is 5.97 Å². The van der Waals surface area contributed by atoms with Gasteiger partial charge in [0, 0.05) is 13.0 Å². The van der Waals surface area contributed by atoms with Crippen molar-refractivity contribution in [3.63, 3.8) is 0 Å². The van der Waals surface area contributed by atoms with E-state index < -0.39 is 0 Å². The van der Waals surface area contributed by atoms with Gasteiger partial charge in [-0.3, -0.25) is 14.8 Å². The zero-order valence-electron chi connectivity index (χ0n) is 32.5. The second kappa shape index (κ2) is 39.1. The van der Waals surface area contributed by atoms with Gasteiger partial charge in [-0.05, 0) is 70.9 Å². The van der Waals surface area contributed by atoms with Crippen LogP contribution in [0.5, 0.6) is 0 Å². The summed E-state index contributed by atoms with van der Waals surface area (Å²) in [5, 5.41) is 20.3. The summed E-state index contributed by atoms with van der Waals surface area (Å²) in [6.45, 7) is 10.8. The monoisotopic (exact) mass is 685 g/mol. The van der Waals surface area contributed by atoms with Crippen LogP contribution in [0, 0.1) is 0 Å². The highest BCUT2D eigenvalue weighted by molar-refractivity contribution is 5.69. The molecule has 0 amide bonds. The molecule has 7 heteroatoms. The van der Waals surface area contributed by atoms with Gasteiger partial charge in [-0.2, -0.15) is 0 Å². The normalized spacial score (nSPS) is 11.8. The van der Waals surface area contributed by atoms with Crippen molar-refractivity contribution in [1.82, 2.24) is 10.1 Å². The summed E-state index contributed by atoms with van der Waals surface area (Å²) in [6.07, 6.45) is 35.5. The summed E-state index contributed by atoms with van der Waals surface area (Å²) < 4.78 is 6.02. The molecule has 0 aliphatic carbocycles. The SMILES string of the molecule is CCCCCCCCC(CCCCCCCC)OC(=O)CCCCN(CCO)CCCCCCCCCCCCN(O)OCCCCC. The molecule has 0 spiro atoms. The lowest BCUT2D eigenvalue weighted by Crippen LogP contribution is -2.29. The van der Waals surface area contributed by atoms with E-state index in [1.54, 1.807) is 0 Å². The van der Waals surface area contributed by atoms with E-state index in [2.05, 4.69) is 25.7 Å². The van der Waals surface area contributed by atoms with E-state index in [1.165, 1.54) is 135 Å². The Morgan fingerprint density at radius 3 is 1.44 bits per heavy atom. The molecule has 0 rings (SSSR count). The Bertz CT molecular complexity index is 622. The zero-order valence-corrected chi connectivity index (χ0v) is 32.5. The third-order valence-electron chi connectivity index (χ3n) is 9.64. The Hall–Kier alpha value is -0.730. The molecule has 0 aromatic rings. The van der Waals surface area contributed by atoms with Crippen molar-refractivity contribution < 1.29 is 24.7 Å². The summed E-state index contributed by atoms with van der Waals surface area (Å²) >= 11 is 0. The van der Waals surface area contributed by atoms with E-state index in [9.17, 15) is 15.1 Å². The number of nitrogens with zero attached hydrogens (tertiary/aromatic N) is 2. The largest absolute Gasteiger partial charge is 0.462 e. The third-order valence-corrected chi connectivity index (χ3v) is 9.64. The Kier molecular flexibility index (Phi) is 38.5.